The van der Waals surface area contributed by atoms with Crippen molar-refractivity contribution in [2.75, 3.05) is 60.9 Å². The molecule has 20 nitrogen and oxygen atoms in total. The van der Waals surface area contributed by atoms with Gasteiger partial charge in [0.2, 0.25) is 0 Å². The highest BCUT2D eigenvalue weighted by Gasteiger charge is 2.62. The van der Waals surface area contributed by atoms with Crippen molar-refractivity contribution in [3.63, 3.8) is 0 Å². The van der Waals surface area contributed by atoms with Crippen molar-refractivity contribution >= 4 is 58.8 Å². The number of hydrogen-bond donors (Lipinski definition) is 6. The lowest BCUT2D eigenvalue weighted by molar-refractivity contribution is -0.148. The fourth-order valence-electron chi connectivity index (χ4n) is 18.6. The Morgan fingerprint density at radius 3 is 0.945 bits per heavy atom. The van der Waals surface area contributed by atoms with Crippen LogP contribution in [0.15, 0.2) is 245 Å². The van der Waals surface area contributed by atoms with E-state index in [1.807, 2.05) is 109 Å². The summed E-state index contributed by atoms with van der Waals surface area (Å²) in [7, 11) is 0. The second-order valence-electron chi connectivity index (χ2n) is 30.5. The largest absolute Gasteiger partial charge is 0.460 e. The number of benzene rings is 8. The van der Waals surface area contributed by atoms with Gasteiger partial charge >= 0.3 is 36.1 Å². The predicted octanol–water partition coefficient (Wildman–Crippen LogP) is 14.5. The summed E-state index contributed by atoms with van der Waals surface area (Å²) in [6.45, 7) is 24.0. The predicted molar refractivity (Wildman–Crippen MR) is 423 cm³/mol. The van der Waals surface area contributed by atoms with Crippen molar-refractivity contribution < 1.29 is 57.2 Å². The standard InChI is InChI=1S/2C30H28N2O4.2C15H18N2O2/c2*1-3-16-35-27(33)26-17-30(2)24-14-8-9-15-25(24)31-28(30)32(26)29(34)36-18-23-21-12-6-4-10-19(21)20-11-5-7-13-22(20)23;2*1-3-8-19-13(18)12-9-15(2)10-6-4-5-7-11(10)16-14(15)17-12/h2*3-15,23,26,28,31H,1,16-18H2,2H3;2*3-7,12,14,16-17H,1,8-9H2,2H3/t2*26-,28-,30-;2*12-,14-,15-/m0000/s1. The number of fused-ring (bicyclic) bond motifs is 18. The van der Waals surface area contributed by atoms with Crippen LogP contribution < -0.4 is 31.9 Å². The first-order valence-corrected chi connectivity index (χ1v) is 37.7. The van der Waals surface area contributed by atoms with Crippen LogP contribution >= 0.6 is 0 Å². The van der Waals surface area contributed by atoms with Crippen molar-refractivity contribution in [3.8, 4) is 22.3 Å². The van der Waals surface area contributed by atoms with Gasteiger partial charge in [-0.1, -0.05) is 248 Å². The third-order valence-electron chi connectivity index (χ3n) is 23.9. The fourth-order valence-corrected chi connectivity index (χ4v) is 18.6. The van der Waals surface area contributed by atoms with Gasteiger partial charge in [-0.2, -0.15) is 0 Å². The summed E-state index contributed by atoms with van der Waals surface area (Å²) in [5.74, 6) is -1.41. The molecule has 0 unspecified atom stereocenters. The van der Waals surface area contributed by atoms with E-state index < -0.39 is 59.4 Å². The minimum absolute atomic E-state index is 0.0600. The number of anilines is 4. The lowest BCUT2D eigenvalue weighted by Crippen LogP contribution is -2.50. The van der Waals surface area contributed by atoms with E-state index in [0.29, 0.717) is 12.8 Å². The molecule has 0 bridgehead atoms. The molecule has 8 heterocycles. The van der Waals surface area contributed by atoms with Gasteiger partial charge in [-0.3, -0.25) is 30.0 Å². The molecule has 0 radical (unpaired) electrons. The molecule has 18 rings (SSSR count). The molecule has 110 heavy (non-hydrogen) atoms. The second kappa shape index (κ2) is 30.4. The van der Waals surface area contributed by atoms with E-state index in [2.05, 4.69) is 171 Å². The summed E-state index contributed by atoms with van der Waals surface area (Å²) in [5.41, 5.74) is 17.2. The molecular weight excluding hydrogens is 1390 g/mol. The Hall–Kier alpha value is -11.7. The summed E-state index contributed by atoms with van der Waals surface area (Å²) in [5, 5.41) is 20.5. The average Bonchev–Trinajstić information content (AvgIpc) is 1.56. The lowest BCUT2D eigenvalue weighted by atomic mass is 9.80. The number of amides is 2. The minimum atomic E-state index is -0.753. The maximum Gasteiger partial charge on any atom is 0.412 e. The second-order valence-corrected chi connectivity index (χ2v) is 30.5. The van der Waals surface area contributed by atoms with Crippen LogP contribution in [0.1, 0.15) is 110 Å². The van der Waals surface area contributed by atoms with Crippen LogP contribution in [0.2, 0.25) is 0 Å². The molecule has 564 valence electrons. The number of rotatable bonds is 16. The molecule has 4 fully saturated rings. The van der Waals surface area contributed by atoms with Crippen molar-refractivity contribution in [2.45, 2.75) is 136 Å². The normalized spacial score (nSPS) is 26.0. The molecule has 12 atom stereocenters. The Bertz CT molecular complexity index is 4550. The highest BCUT2D eigenvalue weighted by Crippen LogP contribution is 2.55. The molecule has 4 saturated heterocycles. The first-order valence-electron chi connectivity index (χ1n) is 37.7. The smallest absolute Gasteiger partial charge is 0.412 e. The molecule has 0 aromatic heterocycles. The summed E-state index contributed by atoms with van der Waals surface area (Å²) < 4.78 is 33.0. The minimum Gasteiger partial charge on any atom is -0.460 e. The van der Waals surface area contributed by atoms with Gasteiger partial charge in [0.15, 0.2) is 0 Å². The number of esters is 4. The number of nitrogens with zero attached hydrogens (tertiary/aromatic N) is 2. The summed E-state index contributed by atoms with van der Waals surface area (Å²) >= 11 is 0. The monoisotopic (exact) mass is 1480 g/mol. The van der Waals surface area contributed by atoms with Gasteiger partial charge in [0.25, 0.3) is 0 Å². The number of para-hydroxylation sites is 4. The first-order chi connectivity index (χ1) is 53.3. The Kier molecular flexibility index (Phi) is 20.4. The third-order valence-corrected chi connectivity index (χ3v) is 23.9. The van der Waals surface area contributed by atoms with Crippen molar-refractivity contribution in [1.29, 1.82) is 0 Å². The van der Waals surface area contributed by atoms with Gasteiger partial charge in [-0.05, 0) is 117 Å². The molecule has 2 aliphatic carbocycles. The Balaban J connectivity index is 0.000000122. The zero-order chi connectivity index (χ0) is 76.6. The molecule has 8 aromatic rings. The van der Waals surface area contributed by atoms with Crippen LogP contribution in [-0.4, -0.2) is 134 Å². The van der Waals surface area contributed by atoms with Gasteiger partial charge in [0.05, 0.1) is 12.3 Å². The van der Waals surface area contributed by atoms with E-state index in [-0.39, 0.29) is 98.7 Å². The zero-order valence-corrected chi connectivity index (χ0v) is 62.3. The molecule has 8 aliphatic heterocycles. The Morgan fingerprint density at radius 2 is 0.627 bits per heavy atom. The van der Waals surface area contributed by atoms with Crippen LogP contribution in [0.25, 0.3) is 22.3 Å². The van der Waals surface area contributed by atoms with Gasteiger partial charge in [0.1, 0.15) is 76.1 Å². The van der Waals surface area contributed by atoms with Gasteiger partial charge in [-0.15, -0.1) is 0 Å². The molecule has 2 amide bonds. The van der Waals surface area contributed by atoms with E-state index in [0.717, 1.165) is 69.0 Å². The summed E-state index contributed by atoms with van der Waals surface area (Å²) in [6, 6.07) is 63.4. The number of likely N-dealkylation sites (tertiary alicyclic amines) is 2. The Labute approximate surface area is 641 Å². The number of ether oxygens (including phenoxy) is 6. The zero-order valence-electron chi connectivity index (χ0n) is 62.3. The maximum atomic E-state index is 13.7. The summed E-state index contributed by atoms with van der Waals surface area (Å²) in [6.07, 6.45) is 6.93. The van der Waals surface area contributed by atoms with Crippen LogP contribution in [0.3, 0.4) is 0 Å². The first kappa shape index (κ1) is 73.8. The molecule has 8 aromatic carbocycles. The van der Waals surface area contributed by atoms with Crippen LogP contribution in [0.4, 0.5) is 32.3 Å². The number of carbonyl (C=O) groups is 6. The quantitative estimate of drug-likeness (QED) is 0.0300. The maximum absolute atomic E-state index is 13.7. The van der Waals surface area contributed by atoms with Crippen LogP contribution in [-0.2, 0) is 69.3 Å². The van der Waals surface area contributed by atoms with E-state index >= 15 is 0 Å². The van der Waals surface area contributed by atoms with Crippen molar-refractivity contribution in [3.05, 3.63) is 289 Å². The van der Waals surface area contributed by atoms with E-state index in [1.54, 1.807) is 12.2 Å². The molecule has 0 saturated carbocycles. The molecule has 6 N–H and O–H groups in total. The van der Waals surface area contributed by atoms with Crippen molar-refractivity contribution in [1.82, 2.24) is 20.4 Å². The van der Waals surface area contributed by atoms with E-state index in [4.69, 9.17) is 28.4 Å². The summed E-state index contributed by atoms with van der Waals surface area (Å²) in [4.78, 5) is 80.4. The van der Waals surface area contributed by atoms with Gasteiger partial charge in [-0.25, -0.2) is 19.2 Å². The fraction of sp³-hybridized carbons (Fsp3) is 0.311. The third kappa shape index (κ3) is 13.1. The van der Waals surface area contributed by atoms with E-state index in [9.17, 15) is 28.8 Å². The lowest BCUT2D eigenvalue weighted by Gasteiger charge is -2.30. The van der Waals surface area contributed by atoms with Crippen LogP contribution in [0.5, 0.6) is 0 Å². The highest BCUT2D eigenvalue weighted by atomic mass is 16.6. The molecule has 20 heteroatoms. The Morgan fingerprint density at radius 1 is 0.355 bits per heavy atom. The van der Waals surface area contributed by atoms with Crippen molar-refractivity contribution in [2.24, 2.45) is 0 Å². The molecular formula is C90H92N8O12. The van der Waals surface area contributed by atoms with Gasteiger partial charge < -0.3 is 49.7 Å². The highest BCUT2D eigenvalue weighted by molar-refractivity contribution is 5.88. The van der Waals surface area contributed by atoms with E-state index in [1.165, 1.54) is 55.3 Å². The SMILES string of the molecule is C=CCOC(=O)[C@@H]1C[C@@]2(C)c3ccccc3N[C@H]2N1.C=CCOC(=O)[C@@H]1C[C@@]2(C)c3ccccc3N[C@H]2N1.C=CCOC(=O)[C@@H]1C[C@@]2(C)c3ccccc3N[C@H]2N1C(=O)OCC1c2ccccc2-c2ccccc21.C=CCOC(=O)[C@@H]1C[C@@]2(C)c3ccccc3N[C@H]2N1C(=O)OCC1c2ccccc2-c2ccccc21. The van der Waals surface area contributed by atoms with Crippen LogP contribution in [0, 0.1) is 0 Å². The van der Waals surface area contributed by atoms with Gasteiger partial charge in [0, 0.05) is 56.2 Å². The molecule has 0 spiro atoms. The number of carbonyl (C=O) groups excluding carboxylic acids is 6. The number of nitrogens with one attached hydrogen (secondary N) is 6. The topological polar surface area (TPSA) is 236 Å². The average molecular weight is 1480 g/mol. The molecule has 10 aliphatic rings. The number of hydrogen-bond acceptors (Lipinski definition) is 18.